The Bertz CT molecular complexity index is 1310. The fourth-order valence-electron chi connectivity index (χ4n) is 3.96. The monoisotopic (exact) mass is 445 g/mol. The first-order chi connectivity index (χ1) is 16.0. The molecule has 4 aromatic rings. The second-order valence-corrected chi connectivity index (χ2v) is 8.00. The Labute approximate surface area is 191 Å². The molecule has 5 rings (SSSR count). The van der Waals surface area contributed by atoms with Gasteiger partial charge >= 0.3 is 0 Å². The third-order valence-corrected chi connectivity index (χ3v) is 5.64. The van der Waals surface area contributed by atoms with Crippen molar-refractivity contribution in [2.24, 2.45) is 0 Å². The number of nitrogens with zero attached hydrogens (tertiary/aromatic N) is 7. The van der Waals surface area contributed by atoms with Crippen molar-refractivity contribution in [3.63, 3.8) is 0 Å². The molecule has 0 spiro atoms. The van der Waals surface area contributed by atoms with Crippen molar-refractivity contribution in [2.45, 2.75) is 32.9 Å². The number of hydrogen-bond donors (Lipinski definition) is 0. The smallest absolute Gasteiger partial charge is 0.238 e. The van der Waals surface area contributed by atoms with Gasteiger partial charge in [0.25, 0.3) is 0 Å². The van der Waals surface area contributed by atoms with Crippen LogP contribution in [0.1, 0.15) is 30.6 Å². The van der Waals surface area contributed by atoms with Crippen LogP contribution in [0.3, 0.4) is 0 Å². The molecule has 8 nitrogen and oxygen atoms in total. The molecule has 1 aromatic carbocycles. The molecule has 0 bridgehead atoms. The quantitative estimate of drug-likeness (QED) is 0.453. The summed E-state index contributed by atoms with van der Waals surface area (Å²) < 4.78 is 22.7. The van der Waals surface area contributed by atoms with Crippen LogP contribution in [0.2, 0.25) is 0 Å². The lowest BCUT2D eigenvalue weighted by Gasteiger charge is -2.34. The van der Waals surface area contributed by atoms with Gasteiger partial charge in [0.05, 0.1) is 24.8 Å². The molecule has 0 radical (unpaired) electrons. The van der Waals surface area contributed by atoms with Gasteiger partial charge < -0.3 is 14.2 Å². The van der Waals surface area contributed by atoms with E-state index in [0.29, 0.717) is 11.7 Å². The van der Waals surface area contributed by atoms with E-state index in [-0.39, 0.29) is 11.9 Å². The minimum Gasteiger partial charge on any atom is -0.479 e. The molecule has 168 valence electrons. The third kappa shape index (κ3) is 4.09. The number of aromatic nitrogens is 6. The summed E-state index contributed by atoms with van der Waals surface area (Å²) in [6.07, 6.45) is 8.27. The number of hydrogen-bond acceptors (Lipinski definition) is 6. The van der Waals surface area contributed by atoms with Crippen molar-refractivity contribution in [3.8, 4) is 11.6 Å². The normalized spacial score (nSPS) is 15.8. The number of aryl methyl sites for hydroxylation is 2. The molecule has 0 saturated heterocycles. The molecule has 0 saturated carbocycles. The van der Waals surface area contributed by atoms with E-state index in [9.17, 15) is 4.39 Å². The van der Waals surface area contributed by atoms with Gasteiger partial charge in [-0.3, -0.25) is 0 Å². The molecule has 0 amide bonds. The van der Waals surface area contributed by atoms with E-state index in [1.54, 1.807) is 25.6 Å². The molecule has 0 unspecified atom stereocenters. The predicted octanol–water partition coefficient (Wildman–Crippen LogP) is 4.42. The van der Waals surface area contributed by atoms with Crippen LogP contribution in [-0.4, -0.2) is 42.5 Å². The summed E-state index contributed by atoms with van der Waals surface area (Å²) in [6.45, 7) is 4.85. The first-order valence-corrected chi connectivity index (χ1v) is 10.8. The summed E-state index contributed by atoms with van der Waals surface area (Å²) in [7, 11) is 1.60. The standard InChI is InChI=1S/C24H24FN7O/c1-16-14-30(15-26-16)21-10-6-19(27-23(21)33-3)7-11-22-28-24-31(29-22)13-12-17(2)32(24)20-8-4-18(25)5-9-20/h4-11,14-15,17H,12-13H2,1-3H3/b11-7+/t17-/m1/s1. The zero-order valence-electron chi connectivity index (χ0n) is 18.7. The number of pyridine rings is 1. The maximum absolute atomic E-state index is 13.4. The number of ether oxygens (including phenoxy) is 1. The van der Waals surface area contributed by atoms with Crippen LogP contribution in [-0.2, 0) is 6.54 Å². The molecular weight excluding hydrogens is 421 g/mol. The Hall–Kier alpha value is -4.01. The zero-order valence-corrected chi connectivity index (χ0v) is 18.7. The highest BCUT2D eigenvalue weighted by molar-refractivity contribution is 5.67. The van der Waals surface area contributed by atoms with Crippen LogP contribution in [0.5, 0.6) is 5.88 Å². The highest BCUT2D eigenvalue weighted by Crippen LogP contribution is 2.32. The minimum atomic E-state index is -0.259. The Morgan fingerprint density at radius 2 is 1.91 bits per heavy atom. The molecule has 4 heterocycles. The summed E-state index contributed by atoms with van der Waals surface area (Å²) in [5.74, 6) is 1.58. The predicted molar refractivity (Wildman–Crippen MR) is 124 cm³/mol. The van der Waals surface area contributed by atoms with Crippen molar-refractivity contribution in [2.75, 3.05) is 12.0 Å². The lowest BCUT2D eigenvalue weighted by Crippen LogP contribution is -2.36. The lowest BCUT2D eigenvalue weighted by atomic mass is 10.1. The van der Waals surface area contributed by atoms with Crippen LogP contribution < -0.4 is 9.64 Å². The van der Waals surface area contributed by atoms with Crippen LogP contribution >= 0.6 is 0 Å². The molecule has 0 fully saturated rings. The van der Waals surface area contributed by atoms with E-state index in [1.807, 2.05) is 46.7 Å². The Morgan fingerprint density at radius 1 is 1.09 bits per heavy atom. The Kier molecular flexibility index (Phi) is 5.37. The van der Waals surface area contributed by atoms with Gasteiger partial charge in [-0.15, -0.1) is 5.10 Å². The van der Waals surface area contributed by atoms with E-state index in [0.717, 1.165) is 41.7 Å². The number of imidazole rings is 1. The lowest BCUT2D eigenvalue weighted by molar-refractivity contribution is 0.395. The summed E-state index contributed by atoms with van der Waals surface area (Å²) in [5.41, 5.74) is 3.35. The molecule has 1 atom stereocenters. The number of halogens is 1. The van der Waals surface area contributed by atoms with E-state index < -0.39 is 0 Å². The maximum atomic E-state index is 13.4. The highest BCUT2D eigenvalue weighted by Gasteiger charge is 2.27. The molecule has 3 aromatic heterocycles. The van der Waals surface area contributed by atoms with Crippen molar-refractivity contribution in [3.05, 3.63) is 72.0 Å². The summed E-state index contributed by atoms with van der Waals surface area (Å²) in [4.78, 5) is 15.7. The molecule has 33 heavy (non-hydrogen) atoms. The molecule has 1 aliphatic rings. The molecular formula is C24H24FN7O. The van der Waals surface area contributed by atoms with Crippen LogP contribution in [0.15, 0.2) is 48.9 Å². The summed E-state index contributed by atoms with van der Waals surface area (Å²) in [5, 5.41) is 4.64. The van der Waals surface area contributed by atoms with Gasteiger partial charge in [-0.05, 0) is 68.8 Å². The van der Waals surface area contributed by atoms with Crippen LogP contribution in [0.25, 0.3) is 17.8 Å². The largest absolute Gasteiger partial charge is 0.479 e. The first-order valence-electron chi connectivity index (χ1n) is 10.8. The fraction of sp³-hybridized carbons (Fsp3) is 0.250. The maximum Gasteiger partial charge on any atom is 0.238 e. The molecule has 0 aliphatic carbocycles. The minimum absolute atomic E-state index is 0.231. The average Bonchev–Trinajstić information content (AvgIpc) is 3.44. The van der Waals surface area contributed by atoms with Gasteiger partial charge in [0.15, 0.2) is 5.82 Å². The van der Waals surface area contributed by atoms with Crippen molar-refractivity contribution in [1.82, 2.24) is 29.3 Å². The van der Waals surface area contributed by atoms with E-state index in [1.165, 1.54) is 12.1 Å². The number of fused-ring (bicyclic) bond motifs is 1. The summed E-state index contributed by atoms with van der Waals surface area (Å²) >= 11 is 0. The molecule has 9 heteroatoms. The fourth-order valence-corrected chi connectivity index (χ4v) is 3.96. The number of rotatable bonds is 5. The van der Waals surface area contributed by atoms with E-state index >= 15 is 0 Å². The summed E-state index contributed by atoms with van der Waals surface area (Å²) in [6, 6.07) is 10.5. The second kappa shape index (κ2) is 8.50. The molecule has 1 aliphatic heterocycles. The SMILES string of the molecule is COc1nc(/C=C/c2nc3n(n2)CC[C@@H](C)N3c2ccc(F)cc2)ccc1-n1cnc(C)c1. The van der Waals surface area contributed by atoms with Gasteiger partial charge in [0.2, 0.25) is 11.8 Å². The number of anilines is 2. The van der Waals surface area contributed by atoms with Crippen molar-refractivity contribution < 1.29 is 9.13 Å². The van der Waals surface area contributed by atoms with Gasteiger partial charge in [-0.1, -0.05) is 0 Å². The first kappa shape index (κ1) is 20.9. The van der Waals surface area contributed by atoms with Crippen LogP contribution in [0.4, 0.5) is 16.0 Å². The van der Waals surface area contributed by atoms with Gasteiger partial charge in [0, 0.05) is 24.5 Å². The van der Waals surface area contributed by atoms with Crippen molar-refractivity contribution >= 4 is 23.8 Å². The number of methoxy groups -OCH3 is 1. The molecule has 0 N–H and O–H groups in total. The topological polar surface area (TPSA) is 73.9 Å². The average molecular weight is 446 g/mol. The van der Waals surface area contributed by atoms with E-state index in [2.05, 4.69) is 26.9 Å². The van der Waals surface area contributed by atoms with E-state index in [4.69, 9.17) is 9.72 Å². The van der Waals surface area contributed by atoms with Gasteiger partial charge in [-0.25, -0.2) is 19.0 Å². The van der Waals surface area contributed by atoms with Gasteiger partial charge in [-0.2, -0.15) is 4.98 Å². The Morgan fingerprint density at radius 3 is 2.64 bits per heavy atom. The van der Waals surface area contributed by atoms with Crippen molar-refractivity contribution in [1.29, 1.82) is 0 Å². The number of benzene rings is 1. The zero-order chi connectivity index (χ0) is 22.9. The van der Waals surface area contributed by atoms with Crippen LogP contribution in [0, 0.1) is 12.7 Å². The highest BCUT2D eigenvalue weighted by atomic mass is 19.1. The third-order valence-electron chi connectivity index (χ3n) is 5.64. The second-order valence-electron chi connectivity index (χ2n) is 8.00. The Balaban J connectivity index is 1.42. The van der Waals surface area contributed by atoms with Gasteiger partial charge in [0.1, 0.15) is 11.5 Å².